The standard InChI is InChI=1S/C18H22ClN3/c19-18-5-3-16(4-6-18)7-9-21-10-12-22(13-11-21)15-17-2-1-8-20-14-17/h1-6,8,14H,7,9-13,15H2. The fourth-order valence-electron chi connectivity index (χ4n) is 2.86. The summed E-state index contributed by atoms with van der Waals surface area (Å²) >= 11 is 5.92. The zero-order valence-corrected chi connectivity index (χ0v) is 13.5. The molecule has 0 bridgehead atoms. The van der Waals surface area contributed by atoms with Crippen molar-refractivity contribution in [2.24, 2.45) is 0 Å². The minimum atomic E-state index is 0.813. The summed E-state index contributed by atoms with van der Waals surface area (Å²) in [5.41, 5.74) is 2.67. The summed E-state index contributed by atoms with van der Waals surface area (Å²) in [6.07, 6.45) is 4.89. The number of hydrogen-bond acceptors (Lipinski definition) is 3. The highest BCUT2D eigenvalue weighted by Gasteiger charge is 2.16. The number of pyridine rings is 1. The first-order chi connectivity index (χ1) is 10.8. The lowest BCUT2D eigenvalue weighted by atomic mass is 10.1. The van der Waals surface area contributed by atoms with E-state index in [1.54, 1.807) is 0 Å². The molecule has 0 saturated carbocycles. The fraction of sp³-hybridized carbons (Fsp3) is 0.389. The Bertz CT molecular complexity index is 563. The second-order valence-corrected chi connectivity index (χ2v) is 6.29. The van der Waals surface area contributed by atoms with Gasteiger partial charge in [-0.2, -0.15) is 0 Å². The Morgan fingerprint density at radius 3 is 2.32 bits per heavy atom. The first-order valence-electron chi connectivity index (χ1n) is 7.88. The van der Waals surface area contributed by atoms with Gasteiger partial charge in [0, 0.05) is 56.7 Å². The summed E-state index contributed by atoms with van der Waals surface area (Å²) in [4.78, 5) is 9.25. The summed E-state index contributed by atoms with van der Waals surface area (Å²) in [5, 5.41) is 0.813. The smallest absolute Gasteiger partial charge is 0.0406 e. The molecule has 2 heterocycles. The quantitative estimate of drug-likeness (QED) is 0.845. The molecule has 0 aliphatic carbocycles. The molecule has 22 heavy (non-hydrogen) atoms. The predicted molar refractivity (Wildman–Crippen MR) is 91.1 cm³/mol. The molecule has 1 aliphatic heterocycles. The number of rotatable bonds is 5. The van der Waals surface area contributed by atoms with Crippen molar-refractivity contribution < 1.29 is 0 Å². The van der Waals surface area contributed by atoms with Gasteiger partial charge in [0.25, 0.3) is 0 Å². The van der Waals surface area contributed by atoms with E-state index in [9.17, 15) is 0 Å². The van der Waals surface area contributed by atoms with E-state index in [1.807, 2.05) is 30.6 Å². The van der Waals surface area contributed by atoms with Crippen LogP contribution in [-0.2, 0) is 13.0 Å². The van der Waals surface area contributed by atoms with E-state index >= 15 is 0 Å². The number of benzene rings is 1. The first-order valence-corrected chi connectivity index (χ1v) is 8.25. The third kappa shape index (κ3) is 4.54. The Morgan fingerprint density at radius 2 is 1.64 bits per heavy atom. The summed E-state index contributed by atoms with van der Waals surface area (Å²) in [6.45, 7) is 6.70. The molecule has 2 aromatic rings. The predicted octanol–water partition coefficient (Wildman–Crippen LogP) is 3.10. The van der Waals surface area contributed by atoms with Crippen molar-refractivity contribution in [2.45, 2.75) is 13.0 Å². The molecular weight excluding hydrogens is 294 g/mol. The molecule has 1 aromatic heterocycles. The second kappa shape index (κ2) is 7.73. The van der Waals surface area contributed by atoms with Crippen LogP contribution in [0.3, 0.4) is 0 Å². The highest BCUT2D eigenvalue weighted by Crippen LogP contribution is 2.12. The average Bonchev–Trinajstić information content (AvgIpc) is 2.57. The minimum absolute atomic E-state index is 0.813. The molecule has 0 spiro atoms. The van der Waals surface area contributed by atoms with Crippen molar-refractivity contribution >= 4 is 11.6 Å². The van der Waals surface area contributed by atoms with Gasteiger partial charge < -0.3 is 4.90 Å². The molecule has 116 valence electrons. The van der Waals surface area contributed by atoms with E-state index in [-0.39, 0.29) is 0 Å². The number of halogens is 1. The highest BCUT2D eigenvalue weighted by molar-refractivity contribution is 6.30. The van der Waals surface area contributed by atoms with Crippen molar-refractivity contribution in [3.05, 3.63) is 64.9 Å². The maximum absolute atomic E-state index is 5.92. The van der Waals surface area contributed by atoms with Gasteiger partial charge in [-0.3, -0.25) is 9.88 Å². The van der Waals surface area contributed by atoms with Gasteiger partial charge >= 0.3 is 0 Å². The molecule has 3 rings (SSSR count). The van der Waals surface area contributed by atoms with Crippen LogP contribution in [0.2, 0.25) is 5.02 Å². The lowest BCUT2D eigenvalue weighted by Gasteiger charge is -2.34. The summed E-state index contributed by atoms with van der Waals surface area (Å²) in [6, 6.07) is 12.4. The SMILES string of the molecule is Clc1ccc(CCN2CCN(Cc3cccnc3)CC2)cc1. The molecule has 3 nitrogen and oxygen atoms in total. The maximum atomic E-state index is 5.92. The van der Waals surface area contributed by atoms with E-state index in [4.69, 9.17) is 11.6 Å². The normalized spacial score (nSPS) is 16.8. The number of nitrogens with zero attached hydrogens (tertiary/aromatic N) is 3. The monoisotopic (exact) mass is 315 g/mol. The van der Waals surface area contributed by atoms with Gasteiger partial charge in [0.05, 0.1) is 0 Å². The topological polar surface area (TPSA) is 19.4 Å². The van der Waals surface area contributed by atoms with Crippen molar-refractivity contribution in [1.82, 2.24) is 14.8 Å². The third-order valence-corrected chi connectivity index (χ3v) is 4.48. The fourth-order valence-corrected chi connectivity index (χ4v) is 2.99. The van der Waals surface area contributed by atoms with Crippen LogP contribution in [-0.4, -0.2) is 47.5 Å². The average molecular weight is 316 g/mol. The van der Waals surface area contributed by atoms with Gasteiger partial charge in [-0.1, -0.05) is 29.8 Å². The highest BCUT2D eigenvalue weighted by atomic mass is 35.5. The van der Waals surface area contributed by atoms with Crippen molar-refractivity contribution in [1.29, 1.82) is 0 Å². The van der Waals surface area contributed by atoms with Gasteiger partial charge in [0.2, 0.25) is 0 Å². The Morgan fingerprint density at radius 1 is 0.909 bits per heavy atom. The van der Waals surface area contributed by atoms with Crippen LogP contribution in [0.5, 0.6) is 0 Å². The van der Waals surface area contributed by atoms with Crippen molar-refractivity contribution in [3.8, 4) is 0 Å². The van der Waals surface area contributed by atoms with Gasteiger partial charge in [-0.05, 0) is 35.7 Å². The maximum Gasteiger partial charge on any atom is 0.0406 e. The van der Waals surface area contributed by atoms with Crippen molar-refractivity contribution in [2.75, 3.05) is 32.7 Å². The molecule has 1 saturated heterocycles. The van der Waals surface area contributed by atoms with Crippen LogP contribution >= 0.6 is 11.6 Å². The molecule has 0 N–H and O–H groups in total. The molecule has 0 atom stereocenters. The molecule has 4 heteroatoms. The molecule has 0 radical (unpaired) electrons. The summed E-state index contributed by atoms with van der Waals surface area (Å²) in [5.74, 6) is 0. The van der Waals surface area contributed by atoms with E-state index in [2.05, 4.69) is 33.0 Å². The molecule has 1 aromatic carbocycles. The first kappa shape index (κ1) is 15.5. The Labute approximate surface area is 137 Å². The Hall–Kier alpha value is -1.42. The lowest BCUT2D eigenvalue weighted by molar-refractivity contribution is 0.128. The largest absolute Gasteiger partial charge is 0.300 e. The molecule has 0 unspecified atom stereocenters. The van der Waals surface area contributed by atoms with Gasteiger partial charge in [0.1, 0.15) is 0 Å². The van der Waals surface area contributed by atoms with Gasteiger partial charge in [-0.25, -0.2) is 0 Å². The third-order valence-electron chi connectivity index (χ3n) is 4.22. The van der Waals surface area contributed by atoms with Crippen molar-refractivity contribution in [3.63, 3.8) is 0 Å². The zero-order chi connectivity index (χ0) is 15.2. The van der Waals surface area contributed by atoms with Crippen LogP contribution in [0.4, 0.5) is 0 Å². The Kier molecular flexibility index (Phi) is 5.43. The summed E-state index contributed by atoms with van der Waals surface area (Å²) < 4.78 is 0. The minimum Gasteiger partial charge on any atom is -0.300 e. The van der Waals surface area contributed by atoms with Crippen LogP contribution in [0.1, 0.15) is 11.1 Å². The van der Waals surface area contributed by atoms with Crippen LogP contribution in [0.15, 0.2) is 48.8 Å². The lowest BCUT2D eigenvalue weighted by Crippen LogP contribution is -2.46. The molecule has 0 amide bonds. The van der Waals surface area contributed by atoms with E-state index in [0.29, 0.717) is 0 Å². The van der Waals surface area contributed by atoms with Crippen LogP contribution in [0.25, 0.3) is 0 Å². The molecule has 1 aliphatic rings. The summed E-state index contributed by atoms with van der Waals surface area (Å²) in [7, 11) is 0. The number of hydrogen-bond donors (Lipinski definition) is 0. The van der Waals surface area contributed by atoms with E-state index < -0.39 is 0 Å². The number of piperazine rings is 1. The zero-order valence-electron chi connectivity index (χ0n) is 12.8. The van der Waals surface area contributed by atoms with E-state index in [1.165, 1.54) is 11.1 Å². The Balaban J connectivity index is 1.41. The van der Waals surface area contributed by atoms with Gasteiger partial charge in [-0.15, -0.1) is 0 Å². The number of aromatic nitrogens is 1. The van der Waals surface area contributed by atoms with Crippen LogP contribution in [0, 0.1) is 0 Å². The molecular formula is C18H22ClN3. The van der Waals surface area contributed by atoms with Crippen LogP contribution < -0.4 is 0 Å². The molecule has 1 fully saturated rings. The second-order valence-electron chi connectivity index (χ2n) is 5.86. The van der Waals surface area contributed by atoms with Gasteiger partial charge in [0.15, 0.2) is 0 Å². The van der Waals surface area contributed by atoms with E-state index in [0.717, 1.165) is 50.7 Å².